The Bertz CT molecular complexity index is 2060. The fourth-order valence-electron chi connectivity index (χ4n) is 6.34. The van der Waals surface area contributed by atoms with Crippen molar-refractivity contribution >= 4 is 64.0 Å². The Balaban J connectivity index is 1.88. The summed E-state index contributed by atoms with van der Waals surface area (Å²) in [5.41, 5.74) is 12.1. The van der Waals surface area contributed by atoms with Gasteiger partial charge < -0.3 is 46.6 Å². The number of benzene rings is 1. The van der Waals surface area contributed by atoms with Gasteiger partial charge in [-0.05, 0) is 76.0 Å². The lowest BCUT2D eigenvalue weighted by Gasteiger charge is -2.26. The zero-order valence-electron chi connectivity index (χ0n) is 35.0. The zero-order chi connectivity index (χ0) is 44.9. The summed E-state index contributed by atoms with van der Waals surface area (Å²) in [6.07, 6.45) is 5.34. The van der Waals surface area contributed by atoms with Gasteiger partial charge in [0, 0.05) is 75.4 Å². The number of fused-ring (bicyclic) bond motifs is 1. The molecule has 0 aliphatic rings. The molecule has 0 bridgehead atoms. The Labute approximate surface area is 352 Å². The fraction of sp³-hybridized carbons (Fsp3) is 0.500. The summed E-state index contributed by atoms with van der Waals surface area (Å²) in [5.74, 6) is -3.59. The van der Waals surface area contributed by atoms with Crippen molar-refractivity contribution in [2.75, 3.05) is 25.0 Å². The van der Waals surface area contributed by atoms with Crippen molar-refractivity contribution in [3.8, 4) is 0 Å². The second-order valence-electron chi connectivity index (χ2n) is 14.6. The van der Waals surface area contributed by atoms with E-state index in [0.29, 0.717) is 74.1 Å². The average Bonchev–Trinajstić information content (AvgIpc) is 3.70. The number of hydrogen-bond donors (Lipinski definition) is 11. The van der Waals surface area contributed by atoms with Gasteiger partial charge in [0.1, 0.15) is 29.8 Å². The number of aromatic nitrogens is 2. The Hall–Kier alpha value is -6.80. The molecule has 1 aromatic carbocycles. The molecule has 332 valence electrons. The number of aryl methyl sites for hydroxylation is 1. The molecular weight excluding hydrogens is 793 g/mol. The molecule has 0 aliphatic carbocycles. The van der Waals surface area contributed by atoms with E-state index in [4.69, 9.17) is 15.9 Å². The quantitative estimate of drug-likeness (QED) is 0.0186. The van der Waals surface area contributed by atoms with E-state index in [1.807, 2.05) is 0 Å². The van der Waals surface area contributed by atoms with Crippen LogP contribution in [0.2, 0.25) is 0 Å². The van der Waals surface area contributed by atoms with Crippen LogP contribution in [0, 0.1) is 6.92 Å². The van der Waals surface area contributed by atoms with Crippen LogP contribution < -0.4 is 59.3 Å². The maximum absolute atomic E-state index is 14.2. The van der Waals surface area contributed by atoms with Gasteiger partial charge >= 0.3 is 11.6 Å². The Morgan fingerprint density at radius 3 is 1.84 bits per heavy atom. The van der Waals surface area contributed by atoms with E-state index >= 15 is 0 Å². The maximum atomic E-state index is 14.2. The molecule has 0 radical (unpaired) electrons. The van der Waals surface area contributed by atoms with Crippen LogP contribution in [-0.4, -0.2) is 101 Å². The van der Waals surface area contributed by atoms with E-state index in [2.05, 4.69) is 52.2 Å². The topological polar surface area (TPSA) is 329 Å². The van der Waals surface area contributed by atoms with E-state index in [0.717, 1.165) is 0 Å². The van der Waals surface area contributed by atoms with E-state index < -0.39 is 59.3 Å². The highest BCUT2D eigenvalue weighted by atomic mass is 16.4. The number of nitrogens with one attached hydrogen (secondary N) is 9. The molecule has 0 fully saturated rings. The number of amides is 7. The van der Waals surface area contributed by atoms with E-state index in [1.54, 1.807) is 19.1 Å². The van der Waals surface area contributed by atoms with Crippen molar-refractivity contribution in [3.05, 3.63) is 58.5 Å². The smallest absolute Gasteiger partial charge is 0.338 e. The number of carbonyl (C=O) groups excluding carboxylic acids is 7. The second kappa shape index (κ2) is 25.0. The number of H-pyrrole nitrogens is 1. The molecular formula is C40H59N12O9+. The van der Waals surface area contributed by atoms with Gasteiger partial charge in [0.2, 0.25) is 41.4 Å². The number of nitrogens with zero attached hydrogens (tertiary/aromatic N) is 1. The van der Waals surface area contributed by atoms with Crippen LogP contribution in [0.15, 0.2) is 46.0 Å². The SMILES string of the molecule is CC(=O)NCCCC[C@H](NC(=O)[C@H](CCCCNC(C)=O)NC(=O)[C@H](Cc1cnc[nH]1)NC(=O)[C@H](CCC[NH+]=C(N)N)NC(C)=O)C(=O)Nc1ccc2c(C)cc(=O)oc2c1. The normalized spacial score (nSPS) is 12.8. The van der Waals surface area contributed by atoms with Gasteiger partial charge in [-0.15, -0.1) is 0 Å². The first kappa shape index (κ1) is 48.6. The lowest BCUT2D eigenvalue weighted by atomic mass is 10.0. The molecule has 3 rings (SSSR count). The number of aromatic amines is 1. The van der Waals surface area contributed by atoms with E-state index in [9.17, 15) is 38.4 Å². The van der Waals surface area contributed by atoms with Gasteiger partial charge in [-0.3, -0.25) is 50.0 Å². The third-order valence-electron chi connectivity index (χ3n) is 9.38. The minimum absolute atomic E-state index is 0.00406. The third kappa shape index (κ3) is 17.9. The van der Waals surface area contributed by atoms with Crippen LogP contribution in [0.25, 0.3) is 11.0 Å². The third-order valence-corrected chi connectivity index (χ3v) is 9.38. The van der Waals surface area contributed by atoms with E-state index in [-0.39, 0.29) is 49.0 Å². The predicted octanol–water partition coefficient (Wildman–Crippen LogP) is -2.29. The second-order valence-corrected chi connectivity index (χ2v) is 14.6. The first-order valence-electron chi connectivity index (χ1n) is 20.1. The molecule has 0 aliphatic heterocycles. The lowest BCUT2D eigenvalue weighted by molar-refractivity contribution is -0.459. The molecule has 0 saturated carbocycles. The molecule has 7 amide bonds. The van der Waals surface area contributed by atoms with Crippen LogP contribution >= 0.6 is 0 Å². The fourth-order valence-corrected chi connectivity index (χ4v) is 6.34. The van der Waals surface area contributed by atoms with Gasteiger partial charge in [-0.2, -0.15) is 0 Å². The molecule has 2 aromatic heterocycles. The molecule has 21 nitrogen and oxygen atoms in total. The maximum Gasteiger partial charge on any atom is 0.338 e. The van der Waals surface area contributed by atoms with Crippen LogP contribution in [0.1, 0.15) is 83.4 Å². The molecule has 61 heavy (non-hydrogen) atoms. The Kier molecular flexibility index (Phi) is 19.9. The number of anilines is 1. The largest absolute Gasteiger partial charge is 0.423 e. The first-order valence-corrected chi connectivity index (χ1v) is 20.1. The Morgan fingerprint density at radius 2 is 1.28 bits per heavy atom. The molecule has 2 heterocycles. The molecule has 3 aromatic rings. The van der Waals surface area contributed by atoms with Crippen molar-refractivity contribution < 1.29 is 43.0 Å². The summed E-state index contributed by atoms with van der Waals surface area (Å²) < 4.78 is 5.34. The summed E-state index contributed by atoms with van der Waals surface area (Å²) in [5, 5.41) is 19.7. The Morgan fingerprint density at radius 1 is 0.721 bits per heavy atom. The average molecular weight is 852 g/mol. The van der Waals surface area contributed by atoms with Crippen LogP contribution in [0.5, 0.6) is 0 Å². The highest BCUT2D eigenvalue weighted by molar-refractivity contribution is 6.00. The van der Waals surface area contributed by atoms with Crippen molar-refractivity contribution in [1.29, 1.82) is 0 Å². The monoisotopic (exact) mass is 851 g/mol. The zero-order valence-corrected chi connectivity index (χ0v) is 35.0. The highest BCUT2D eigenvalue weighted by Crippen LogP contribution is 2.21. The summed E-state index contributed by atoms with van der Waals surface area (Å²) in [7, 11) is 0. The molecule has 0 spiro atoms. The minimum atomic E-state index is -1.26. The van der Waals surface area contributed by atoms with Gasteiger partial charge in [-0.25, -0.2) is 9.78 Å². The van der Waals surface area contributed by atoms with E-state index in [1.165, 1.54) is 45.4 Å². The van der Waals surface area contributed by atoms with Crippen LogP contribution in [-0.2, 0) is 40.0 Å². The molecule has 21 heteroatoms. The van der Waals surface area contributed by atoms with Crippen LogP contribution in [0.3, 0.4) is 0 Å². The summed E-state index contributed by atoms with van der Waals surface area (Å²) in [6, 6.07) is 1.58. The minimum Gasteiger partial charge on any atom is -0.423 e. The molecule has 4 atom stereocenters. The predicted molar refractivity (Wildman–Crippen MR) is 225 cm³/mol. The number of nitrogens with two attached hydrogens (primary N) is 2. The van der Waals surface area contributed by atoms with Gasteiger partial charge in [-0.1, -0.05) is 0 Å². The number of unbranched alkanes of at least 4 members (excludes halogenated alkanes) is 2. The number of rotatable bonds is 25. The summed E-state index contributed by atoms with van der Waals surface area (Å²) in [6.45, 7) is 6.76. The number of hydrogen-bond acceptors (Lipinski definition) is 10. The molecule has 13 N–H and O–H groups in total. The van der Waals surface area contributed by atoms with Crippen molar-refractivity contribution in [1.82, 2.24) is 41.9 Å². The summed E-state index contributed by atoms with van der Waals surface area (Å²) in [4.78, 5) is 112. The number of guanidine groups is 1. The van der Waals surface area contributed by atoms with Gasteiger partial charge in [0.05, 0.1) is 12.9 Å². The number of carbonyl (C=O) groups is 7. The lowest BCUT2D eigenvalue weighted by Crippen LogP contribution is -2.78. The molecule has 0 unspecified atom stereocenters. The van der Waals surface area contributed by atoms with Gasteiger partial charge in [0.25, 0.3) is 0 Å². The van der Waals surface area contributed by atoms with Crippen LogP contribution in [0.4, 0.5) is 5.69 Å². The standard InChI is InChI=1S/C40H58N12O9/c1-23-18-35(56)61-34-20-27(13-14-29(23)34)49-36(57)31(10-5-7-15-44-24(2)53)50-38(59)32(11-6-8-16-45-25(3)54)51-39(60)33(19-28-21-43-22-47-28)52-37(58)30(48-26(4)55)12-9-17-46-40(41)42/h13-14,18,20-22,30-33H,5-12,15-17,19H2,1-4H3,(H,43,47)(H,44,53)(H,45,54)(H,48,55)(H,49,57)(H,50,59)(H,51,60)(H,52,58)(H4,41,42,46)/p+1/t30-,31-,32-,33-/m0/s1. The number of imidazole rings is 1. The first-order chi connectivity index (χ1) is 29.0. The molecule has 0 saturated heterocycles. The van der Waals surface area contributed by atoms with Crippen molar-refractivity contribution in [2.24, 2.45) is 11.5 Å². The van der Waals surface area contributed by atoms with Crippen molar-refractivity contribution in [3.63, 3.8) is 0 Å². The summed E-state index contributed by atoms with van der Waals surface area (Å²) >= 11 is 0. The van der Waals surface area contributed by atoms with Gasteiger partial charge in [0.15, 0.2) is 0 Å². The highest BCUT2D eigenvalue weighted by Gasteiger charge is 2.31. The van der Waals surface area contributed by atoms with Crippen molar-refractivity contribution in [2.45, 2.75) is 110 Å².